The second-order valence-corrected chi connectivity index (χ2v) is 3.43. The summed E-state index contributed by atoms with van der Waals surface area (Å²) >= 11 is 0. The van der Waals surface area contributed by atoms with Crippen LogP contribution in [0.1, 0.15) is 6.92 Å². The zero-order chi connectivity index (χ0) is 12.9. The van der Waals surface area contributed by atoms with Crippen LogP contribution in [0.3, 0.4) is 0 Å². The first-order valence-corrected chi connectivity index (χ1v) is 5.13. The maximum Gasteiger partial charge on any atom is 0.406 e. The van der Waals surface area contributed by atoms with Crippen LogP contribution in [0.15, 0.2) is 35.3 Å². The first kappa shape index (κ1) is 13.3. The fraction of sp³-hybridized carbons (Fsp3) is 0.364. The minimum Gasteiger partial charge on any atom is -0.369 e. The minimum atomic E-state index is -4.28. The molecule has 2 N–H and O–H groups in total. The Balaban J connectivity index is 2.79. The number of hydrogen-bond donors (Lipinski definition) is 1. The molecule has 1 aromatic carbocycles. The molecule has 0 saturated heterocycles. The Morgan fingerprint density at radius 3 is 2.35 bits per heavy atom. The lowest BCUT2D eigenvalue weighted by Crippen LogP contribution is -2.42. The number of benzene rings is 1. The van der Waals surface area contributed by atoms with Gasteiger partial charge in [-0.1, -0.05) is 18.2 Å². The molecule has 0 aromatic heterocycles. The topological polar surface area (TPSA) is 41.6 Å². The van der Waals surface area contributed by atoms with E-state index >= 15 is 0 Å². The van der Waals surface area contributed by atoms with Crippen molar-refractivity contribution in [2.24, 2.45) is 10.7 Å². The van der Waals surface area contributed by atoms with Gasteiger partial charge < -0.3 is 10.6 Å². The smallest absolute Gasteiger partial charge is 0.369 e. The van der Waals surface area contributed by atoms with Crippen molar-refractivity contribution in [1.82, 2.24) is 4.90 Å². The molecule has 0 heterocycles. The molecule has 0 aliphatic heterocycles. The molecule has 0 aliphatic carbocycles. The molecule has 0 aliphatic rings. The quantitative estimate of drug-likeness (QED) is 0.656. The standard InChI is InChI=1S/C11H14F3N3/c1-2-17(8-11(12,13)14)10(15)16-9-6-4-3-5-7-9/h3-7H,2,8H2,1H3,(H2,15,16). The first-order valence-electron chi connectivity index (χ1n) is 5.13. The molecule has 1 rings (SSSR count). The number of para-hydroxylation sites is 1. The van der Waals surface area contributed by atoms with E-state index < -0.39 is 12.7 Å². The highest BCUT2D eigenvalue weighted by atomic mass is 19.4. The third-order valence-electron chi connectivity index (χ3n) is 2.08. The van der Waals surface area contributed by atoms with Gasteiger partial charge >= 0.3 is 6.18 Å². The molecule has 0 atom stereocenters. The third kappa shape index (κ3) is 4.76. The molecular formula is C11H14F3N3. The van der Waals surface area contributed by atoms with Gasteiger partial charge in [-0.2, -0.15) is 13.2 Å². The average molecular weight is 245 g/mol. The number of halogens is 3. The molecule has 0 unspecified atom stereocenters. The number of hydrogen-bond acceptors (Lipinski definition) is 1. The Morgan fingerprint density at radius 2 is 1.88 bits per heavy atom. The zero-order valence-corrected chi connectivity index (χ0v) is 9.41. The van der Waals surface area contributed by atoms with Crippen LogP contribution in [0.4, 0.5) is 18.9 Å². The fourth-order valence-corrected chi connectivity index (χ4v) is 1.28. The van der Waals surface area contributed by atoms with E-state index in [0.717, 1.165) is 4.90 Å². The SMILES string of the molecule is CCN(CC(F)(F)F)C(N)=Nc1ccccc1. The molecule has 0 amide bonds. The fourth-order valence-electron chi connectivity index (χ4n) is 1.28. The van der Waals surface area contributed by atoms with E-state index in [9.17, 15) is 13.2 Å². The number of guanidine groups is 1. The number of alkyl halides is 3. The van der Waals surface area contributed by atoms with Crippen molar-refractivity contribution in [2.45, 2.75) is 13.1 Å². The molecule has 0 saturated carbocycles. The van der Waals surface area contributed by atoms with Gasteiger partial charge in [0.05, 0.1) is 5.69 Å². The van der Waals surface area contributed by atoms with Crippen LogP contribution in [0.5, 0.6) is 0 Å². The van der Waals surface area contributed by atoms with Crippen molar-refractivity contribution in [3.63, 3.8) is 0 Å². The van der Waals surface area contributed by atoms with Gasteiger partial charge in [0.25, 0.3) is 0 Å². The molecule has 0 fully saturated rings. The lowest BCUT2D eigenvalue weighted by Gasteiger charge is -2.22. The first-order chi connectivity index (χ1) is 7.92. The summed E-state index contributed by atoms with van der Waals surface area (Å²) in [6.07, 6.45) is -4.28. The lowest BCUT2D eigenvalue weighted by atomic mass is 10.3. The van der Waals surface area contributed by atoms with Crippen molar-refractivity contribution >= 4 is 11.6 Å². The molecular weight excluding hydrogens is 231 g/mol. The van der Waals surface area contributed by atoms with Crippen molar-refractivity contribution in [3.8, 4) is 0 Å². The summed E-state index contributed by atoms with van der Waals surface area (Å²) in [7, 11) is 0. The summed E-state index contributed by atoms with van der Waals surface area (Å²) in [6, 6.07) is 8.63. The van der Waals surface area contributed by atoms with E-state index in [1.54, 1.807) is 37.3 Å². The Hall–Kier alpha value is -1.72. The van der Waals surface area contributed by atoms with Gasteiger partial charge in [0.15, 0.2) is 5.96 Å². The van der Waals surface area contributed by atoms with Crippen LogP contribution in [0, 0.1) is 0 Å². The largest absolute Gasteiger partial charge is 0.406 e. The highest BCUT2D eigenvalue weighted by molar-refractivity contribution is 5.81. The molecule has 94 valence electrons. The van der Waals surface area contributed by atoms with Crippen molar-refractivity contribution in [2.75, 3.05) is 13.1 Å². The molecule has 0 radical (unpaired) electrons. The summed E-state index contributed by atoms with van der Waals surface area (Å²) in [5.74, 6) is -0.129. The highest BCUT2D eigenvalue weighted by Crippen LogP contribution is 2.17. The van der Waals surface area contributed by atoms with E-state index in [0.29, 0.717) is 5.69 Å². The van der Waals surface area contributed by atoms with Crippen molar-refractivity contribution in [3.05, 3.63) is 30.3 Å². The summed E-state index contributed by atoms with van der Waals surface area (Å²) in [6.45, 7) is 0.659. The van der Waals surface area contributed by atoms with Crippen LogP contribution >= 0.6 is 0 Å². The molecule has 3 nitrogen and oxygen atoms in total. The average Bonchev–Trinajstić information content (AvgIpc) is 2.26. The normalized spacial score (nSPS) is 12.6. The second kappa shape index (κ2) is 5.56. The maximum absolute atomic E-state index is 12.2. The minimum absolute atomic E-state index is 0.129. The predicted octanol–water partition coefficient (Wildman–Crippen LogP) is 2.52. The maximum atomic E-state index is 12.2. The predicted molar refractivity (Wildman–Crippen MR) is 61.0 cm³/mol. The van der Waals surface area contributed by atoms with Crippen LogP contribution in [-0.2, 0) is 0 Å². The molecule has 17 heavy (non-hydrogen) atoms. The third-order valence-corrected chi connectivity index (χ3v) is 2.08. The molecule has 0 bridgehead atoms. The molecule has 1 aromatic rings. The van der Waals surface area contributed by atoms with Gasteiger partial charge in [-0.15, -0.1) is 0 Å². The second-order valence-electron chi connectivity index (χ2n) is 3.43. The van der Waals surface area contributed by atoms with Crippen LogP contribution < -0.4 is 5.73 Å². The molecule has 6 heteroatoms. The van der Waals surface area contributed by atoms with Crippen LogP contribution in [-0.4, -0.2) is 30.1 Å². The van der Waals surface area contributed by atoms with E-state index in [4.69, 9.17) is 5.73 Å². The Labute approximate surface area is 97.7 Å². The number of rotatable bonds is 3. The number of nitrogens with two attached hydrogens (primary N) is 1. The van der Waals surface area contributed by atoms with Gasteiger partial charge in [0, 0.05) is 6.54 Å². The Morgan fingerprint density at radius 1 is 1.29 bits per heavy atom. The number of aliphatic imine (C=N–C) groups is 1. The molecule has 0 spiro atoms. The summed E-state index contributed by atoms with van der Waals surface area (Å²) < 4.78 is 36.7. The monoisotopic (exact) mass is 245 g/mol. The van der Waals surface area contributed by atoms with E-state index in [1.807, 2.05) is 0 Å². The van der Waals surface area contributed by atoms with Crippen LogP contribution in [0.2, 0.25) is 0 Å². The highest BCUT2D eigenvalue weighted by Gasteiger charge is 2.30. The van der Waals surface area contributed by atoms with Crippen molar-refractivity contribution in [1.29, 1.82) is 0 Å². The van der Waals surface area contributed by atoms with Crippen molar-refractivity contribution < 1.29 is 13.2 Å². The lowest BCUT2D eigenvalue weighted by molar-refractivity contribution is -0.137. The summed E-state index contributed by atoms with van der Waals surface area (Å²) in [5.41, 5.74) is 6.08. The van der Waals surface area contributed by atoms with E-state index in [-0.39, 0.29) is 12.5 Å². The van der Waals surface area contributed by atoms with E-state index in [1.165, 1.54) is 0 Å². The Bertz CT molecular complexity index is 373. The zero-order valence-electron chi connectivity index (χ0n) is 9.41. The van der Waals surface area contributed by atoms with E-state index in [2.05, 4.69) is 4.99 Å². The summed E-state index contributed by atoms with van der Waals surface area (Å²) in [5, 5.41) is 0. The van der Waals surface area contributed by atoms with Crippen LogP contribution in [0.25, 0.3) is 0 Å². The van der Waals surface area contributed by atoms with Gasteiger partial charge in [0.1, 0.15) is 6.54 Å². The van der Waals surface area contributed by atoms with Gasteiger partial charge in [-0.3, -0.25) is 0 Å². The Kier molecular flexibility index (Phi) is 4.37. The van der Waals surface area contributed by atoms with Gasteiger partial charge in [-0.25, -0.2) is 4.99 Å². The number of nitrogens with zero attached hydrogens (tertiary/aromatic N) is 2. The van der Waals surface area contributed by atoms with Gasteiger partial charge in [-0.05, 0) is 19.1 Å². The summed E-state index contributed by atoms with van der Waals surface area (Å²) in [4.78, 5) is 4.91. The van der Waals surface area contributed by atoms with Gasteiger partial charge in [0.2, 0.25) is 0 Å².